The van der Waals surface area contributed by atoms with Gasteiger partial charge in [-0.25, -0.2) is 0 Å². The van der Waals surface area contributed by atoms with Gasteiger partial charge in [0.2, 0.25) is 0 Å². The van der Waals surface area contributed by atoms with E-state index in [1.165, 1.54) is 0 Å². The predicted molar refractivity (Wildman–Crippen MR) is 64.1 cm³/mol. The van der Waals surface area contributed by atoms with Crippen LogP contribution in [0.4, 0.5) is 0 Å². The highest BCUT2D eigenvalue weighted by atomic mass is 16.5. The molecule has 1 atom stereocenters. The fraction of sp³-hybridized carbons (Fsp3) is 0.385. The van der Waals surface area contributed by atoms with Crippen LogP contribution in [-0.4, -0.2) is 18.3 Å². The molecule has 0 saturated carbocycles. The van der Waals surface area contributed by atoms with E-state index in [9.17, 15) is 9.59 Å². The van der Waals surface area contributed by atoms with Crippen LogP contribution in [0.25, 0.3) is 0 Å². The zero-order valence-electron chi connectivity index (χ0n) is 10.1. The van der Waals surface area contributed by atoms with Crippen LogP contribution >= 0.6 is 0 Å². The Balaban J connectivity index is 2.53. The largest absolute Gasteiger partial charge is 0.460 e. The third-order valence-electron chi connectivity index (χ3n) is 2.58. The molecule has 0 saturated heterocycles. The number of carbonyl (C=O) groups is 2. The van der Waals surface area contributed by atoms with E-state index < -0.39 is 17.4 Å². The van der Waals surface area contributed by atoms with Gasteiger partial charge in [-0.05, 0) is 5.56 Å². The lowest BCUT2D eigenvalue weighted by Gasteiger charge is -2.23. The fourth-order valence-corrected chi connectivity index (χ4v) is 1.20. The molecule has 1 aromatic rings. The number of hydrogen-bond acceptors (Lipinski definition) is 4. The number of nitrogens with two attached hydrogens (primary N) is 1. The first-order valence-corrected chi connectivity index (χ1v) is 5.40. The second-order valence-corrected chi connectivity index (χ2v) is 4.51. The van der Waals surface area contributed by atoms with E-state index in [0.29, 0.717) is 6.29 Å². The Morgan fingerprint density at radius 1 is 1.41 bits per heavy atom. The number of hydrogen-bond donors (Lipinski definition) is 1. The minimum Gasteiger partial charge on any atom is -0.460 e. The van der Waals surface area contributed by atoms with Gasteiger partial charge in [0, 0.05) is 5.41 Å². The summed E-state index contributed by atoms with van der Waals surface area (Å²) in [6.07, 6.45) is 0.668. The summed E-state index contributed by atoms with van der Waals surface area (Å²) >= 11 is 0. The van der Waals surface area contributed by atoms with Crippen LogP contribution in [0, 0.1) is 5.41 Å². The summed E-state index contributed by atoms with van der Waals surface area (Å²) in [4.78, 5) is 22.4. The van der Waals surface area contributed by atoms with Crippen molar-refractivity contribution in [3.8, 4) is 0 Å². The maximum Gasteiger partial charge on any atom is 0.324 e. The van der Waals surface area contributed by atoms with Gasteiger partial charge < -0.3 is 15.3 Å². The van der Waals surface area contributed by atoms with Crippen LogP contribution < -0.4 is 5.73 Å². The van der Waals surface area contributed by atoms with Gasteiger partial charge in [-0.15, -0.1) is 0 Å². The molecule has 0 fully saturated rings. The van der Waals surface area contributed by atoms with E-state index in [1.54, 1.807) is 13.8 Å². The van der Waals surface area contributed by atoms with Gasteiger partial charge in [-0.2, -0.15) is 0 Å². The summed E-state index contributed by atoms with van der Waals surface area (Å²) < 4.78 is 5.06. The van der Waals surface area contributed by atoms with Crippen LogP contribution in [0.3, 0.4) is 0 Å². The van der Waals surface area contributed by atoms with Crippen molar-refractivity contribution in [3.63, 3.8) is 0 Å². The van der Waals surface area contributed by atoms with Crippen LogP contribution in [0.5, 0.6) is 0 Å². The third-order valence-corrected chi connectivity index (χ3v) is 2.58. The monoisotopic (exact) mass is 235 g/mol. The van der Waals surface area contributed by atoms with Gasteiger partial charge in [-0.3, -0.25) is 4.79 Å². The molecule has 2 N–H and O–H groups in total. The first kappa shape index (κ1) is 13.4. The van der Waals surface area contributed by atoms with Crippen molar-refractivity contribution in [2.75, 3.05) is 0 Å². The average Bonchev–Trinajstić information content (AvgIpc) is 2.36. The van der Waals surface area contributed by atoms with Crippen molar-refractivity contribution in [2.24, 2.45) is 11.1 Å². The summed E-state index contributed by atoms with van der Waals surface area (Å²) in [5.74, 6) is -0.564. The van der Waals surface area contributed by atoms with Crippen LogP contribution in [0.15, 0.2) is 30.3 Å². The van der Waals surface area contributed by atoms with E-state index in [2.05, 4.69) is 0 Å². The van der Waals surface area contributed by atoms with Crippen molar-refractivity contribution < 1.29 is 14.3 Å². The molecule has 1 aromatic carbocycles. The highest BCUT2D eigenvalue weighted by molar-refractivity contribution is 5.81. The average molecular weight is 235 g/mol. The normalized spacial score (nSPS) is 12.9. The fourth-order valence-electron chi connectivity index (χ4n) is 1.20. The molecular formula is C13H17NO3. The zero-order valence-corrected chi connectivity index (χ0v) is 10.1. The minimum absolute atomic E-state index is 0.169. The van der Waals surface area contributed by atoms with E-state index in [4.69, 9.17) is 10.5 Å². The predicted octanol–water partition coefficient (Wildman–Crippen LogP) is 1.28. The first-order valence-electron chi connectivity index (χ1n) is 5.40. The van der Waals surface area contributed by atoms with Crippen LogP contribution in [0.1, 0.15) is 19.4 Å². The summed E-state index contributed by atoms with van der Waals surface area (Å²) in [7, 11) is 0. The molecule has 17 heavy (non-hydrogen) atoms. The van der Waals surface area contributed by atoms with Gasteiger partial charge in [-0.1, -0.05) is 44.2 Å². The molecule has 1 rings (SSSR count). The molecule has 1 unspecified atom stereocenters. The Morgan fingerprint density at radius 2 is 2.00 bits per heavy atom. The molecule has 0 amide bonds. The van der Waals surface area contributed by atoms with E-state index in [1.807, 2.05) is 30.3 Å². The molecule has 0 heterocycles. The van der Waals surface area contributed by atoms with Gasteiger partial charge in [0.25, 0.3) is 0 Å². The lowest BCUT2D eigenvalue weighted by molar-refractivity contribution is -0.150. The van der Waals surface area contributed by atoms with Crippen LogP contribution in [0.2, 0.25) is 0 Å². The highest BCUT2D eigenvalue weighted by Crippen LogP contribution is 2.17. The first-order chi connectivity index (χ1) is 7.97. The lowest BCUT2D eigenvalue weighted by atomic mass is 9.87. The van der Waals surface area contributed by atoms with E-state index in [-0.39, 0.29) is 6.61 Å². The number of benzene rings is 1. The second-order valence-electron chi connectivity index (χ2n) is 4.51. The maximum atomic E-state index is 11.6. The molecule has 0 aliphatic heterocycles. The second kappa shape index (κ2) is 5.59. The van der Waals surface area contributed by atoms with Crippen molar-refractivity contribution in [2.45, 2.75) is 26.5 Å². The quantitative estimate of drug-likeness (QED) is 0.616. The Morgan fingerprint density at radius 3 is 2.53 bits per heavy atom. The Bertz CT molecular complexity index is 387. The Hall–Kier alpha value is -1.68. The summed E-state index contributed by atoms with van der Waals surface area (Å²) in [5.41, 5.74) is 5.64. The van der Waals surface area contributed by atoms with Gasteiger partial charge >= 0.3 is 5.97 Å². The molecule has 92 valence electrons. The van der Waals surface area contributed by atoms with Crippen molar-refractivity contribution in [1.29, 1.82) is 0 Å². The van der Waals surface area contributed by atoms with Gasteiger partial charge in [0.15, 0.2) is 0 Å². The standard InChI is InChI=1S/C13H17NO3/c1-13(2,9-15)11(14)12(16)17-8-10-6-4-3-5-7-10/h3-7,9,11H,8,14H2,1-2H3. The molecule has 4 heteroatoms. The maximum absolute atomic E-state index is 11.6. The van der Waals surface area contributed by atoms with Crippen molar-refractivity contribution in [3.05, 3.63) is 35.9 Å². The topological polar surface area (TPSA) is 69.4 Å². The highest BCUT2D eigenvalue weighted by Gasteiger charge is 2.32. The summed E-state index contributed by atoms with van der Waals surface area (Å²) in [5, 5.41) is 0. The molecule has 0 aromatic heterocycles. The number of carbonyl (C=O) groups excluding carboxylic acids is 2. The molecular weight excluding hydrogens is 218 g/mol. The van der Waals surface area contributed by atoms with Gasteiger partial charge in [0.05, 0.1) is 0 Å². The van der Waals surface area contributed by atoms with Crippen molar-refractivity contribution in [1.82, 2.24) is 0 Å². The number of aldehydes is 1. The molecule has 4 nitrogen and oxygen atoms in total. The van der Waals surface area contributed by atoms with Gasteiger partial charge in [0.1, 0.15) is 18.9 Å². The molecule has 0 aliphatic rings. The summed E-state index contributed by atoms with van der Waals surface area (Å²) in [6, 6.07) is 8.36. The Labute approximate surface area is 101 Å². The molecule has 0 bridgehead atoms. The Kier molecular flexibility index (Phi) is 4.40. The molecule has 0 radical (unpaired) electrons. The van der Waals surface area contributed by atoms with E-state index >= 15 is 0 Å². The third kappa shape index (κ3) is 3.67. The number of ether oxygens (including phenoxy) is 1. The lowest BCUT2D eigenvalue weighted by Crippen LogP contribution is -2.45. The molecule has 0 aliphatic carbocycles. The minimum atomic E-state index is -0.941. The SMILES string of the molecule is CC(C)(C=O)C(N)C(=O)OCc1ccccc1. The summed E-state index contributed by atoms with van der Waals surface area (Å²) in [6.45, 7) is 3.38. The van der Waals surface area contributed by atoms with Crippen LogP contribution in [-0.2, 0) is 20.9 Å². The smallest absolute Gasteiger partial charge is 0.324 e. The van der Waals surface area contributed by atoms with Crippen molar-refractivity contribution >= 4 is 12.3 Å². The molecule has 0 spiro atoms. The number of rotatable bonds is 5. The zero-order chi connectivity index (χ0) is 12.9. The number of esters is 1. The van der Waals surface area contributed by atoms with E-state index in [0.717, 1.165) is 5.56 Å².